The molecule has 1 N–H and O–H groups in total. The standard InChI is InChI=1S/C26H34N6O/c1-17-9-25(28-29-26(17)19-3-4-24-22(10-19)14-31(2)30-24)27-23-11-20-15-32(16-21(20)12-23)13-18-5-7-33-8-6-18/h3-4,9-10,14,18,20-21,23H,5-8,11-13,15-16H2,1-2H3,(H,27,28)/t20-,21+,23?/i13D2. The SMILES string of the molecule is [2H]C([2H])(C1CCOCC1)N1C[C@H]2CC(Nc3cc(C)c(-c4ccc5nn(C)cc5c4)nn3)C[C@H]2C1. The summed E-state index contributed by atoms with van der Waals surface area (Å²) in [5.41, 5.74) is 4.03. The Morgan fingerprint density at radius 3 is 2.67 bits per heavy atom. The van der Waals surface area contributed by atoms with Crippen LogP contribution >= 0.6 is 0 Å². The van der Waals surface area contributed by atoms with Crippen molar-refractivity contribution < 1.29 is 7.48 Å². The average molecular weight is 449 g/mol. The van der Waals surface area contributed by atoms with E-state index in [0.29, 0.717) is 31.1 Å². The number of likely N-dealkylation sites (tertiary alicyclic amines) is 1. The van der Waals surface area contributed by atoms with Gasteiger partial charge in [0, 0.05) is 65.8 Å². The topological polar surface area (TPSA) is 68.1 Å². The van der Waals surface area contributed by atoms with E-state index in [9.17, 15) is 0 Å². The summed E-state index contributed by atoms with van der Waals surface area (Å²) in [6.07, 6.45) is 5.79. The first kappa shape index (κ1) is 18.9. The van der Waals surface area contributed by atoms with Gasteiger partial charge in [-0.3, -0.25) is 4.68 Å². The van der Waals surface area contributed by atoms with Crippen molar-refractivity contribution in [2.45, 2.75) is 38.6 Å². The molecule has 33 heavy (non-hydrogen) atoms. The van der Waals surface area contributed by atoms with Gasteiger partial charge < -0.3 is 15.0 Å². The fourth-order valence-corrected chi connectivity index (χ4v) is 5.95. The van der Waals surface area contributed by atoms with Crippen molar-refractivity contribution in [3.8, 4) is 11.3 Å². The number of nitrogens with one attached hydrogen (secondary N) is 1. The van der Waals surface area contributed by atoms with E-state index in [2.05, 4.69) is 50.6 Å². The van der Waals surface area contributed by atoms with E-state index in [4.69, 9.17) is 7.48 Å². The number of ether oxygens (including phenoxy) is 1. The van der Waals surface area contributed by atoms with Crippen LogP contribution in [-0.4, -0.2) is 63.7 Å². The summed E-state index contributed by atoms with van der Waals surface area (Å²) in [6, 6.07) is 8.67. The van der Waals surface area contributed by atoms with Crippen LogP contribution in [0.3, 0.4) is 0 Å². The Balaban J connectivity index is 1.09. The number of aryl methyl sites for hydroxylation is 2. The Morgan fingerprint density at radius 2 is 1.91 bits per heavy atom. The molecule has 3 atom stereocenters. The second-order valence-electron chi connectivity index (χ2n) is 10.1. The first-order chi connectivity index (χ1) is 16.9. The average Bonchev–Trinajstić information content (AvgIpc) is 3.51. The van der Waals surface area contributed by atoms with Crippen LogP contribution in [0.2, 0.25) is 0 Å². The molecule has 0 radical (unpaired) electrons. The molecule has 0 bridgehead atoms. The van der Waals surface area contributed by atoms with E-state index < -0.39 is 6.50 Å². The second kappa shape index (κ2) is 8.69. The van der Waals surface area contributed by atoms with Crippen molar-refractivity contribution >= 4 is 16.7 Å². The molecule has 1 saturated carbocycles. The van der Waals surface area contributed by atoms with E-state index >= 15 is 0 Å². The minimum Gasteiger partial charge on any atom is -0.381 e. The molecule has 174 valence electrons. The lowest BCUT2D eigenvalue weighted by Gasteiger charge is -2.27. The maximum absolute atomic E-state index is 8.79. The number of benzene rings is 1. The van der Waals surface area contributed by atoms with E-state index in [0.717, 1.165) is 72.3 Å². The van der Waals surface area contributed by atoms with Gasteiger partial charge in [0.15, 0.2) is 0 Å². The first-order valence-corrected chi connectivity index (χ1v) is 12.2. The van der Waals surface area contributed by atoms with Gasteiger partial charge in [0.25, 0.3) is 0 Å². The minimum absolute atomic E-state index is 0.0830. The van der Waals surface area contributed by atoms with Gasteiger partial charge in [-0.1, -0.05) is 6.07 Å². The predicted octanol–water partition coefficient (Wildman–Crippen LogP) is 3.89. The maximum atomic E-state index is 8.79. The fourth-order valence-electron chi connectivity index (χ4n) is 5.95. The van der Waals surface area contributed by atoms with Gasteiger partial charge in [0.05, 0.1) is 11.2 Å². The molecule has 3 aliphatic rings. The summed E-state index contributed by atoms with van der Waals surface area (Å²) in [7, 11) is 1.93. The largest absolute Gasteiger partial charge is 0.381 e. The van der Waals surface area contributed by atoms with Crippen LogP contribution < -0.4 is 5.32 Å². The van der Waals surface area contributed by atoms with E-state index in [-0.39, 0.29) is 5.92 Å². The van der Waals surface area contributed by atoms with E-state index in [1.165, 1.54) is 0 Å². The molecule has 0 spiro atoms. The summed E-state index contributed by atoms with van der Waals surface area (Å²) in [5.74, 6) is 2.00. The van der Waals surface area contributed by atoms with Crippen molar-refractivity contribution in [2.24, 2.45) is 24.8 Å². The number of anilines is 1. The molecule has 6 rings (SSSR count). The summed E-state index contributed by atoms with van der Waals surface area (Å²) >= 11 is 0. The van der Waals surface area contributed by atoms with Gasteiger partial charge in [-0.05, 0) is 74.1 Å². The van der Waals surface area contributed by atoms with Gasteiger partial charge >= 0.3 is 0 Å². The van der Waals surface area contributed by atoms with Crippen molar-refractivity contribution in [1.82, 2.24) is 24.9 Å². The molecule has 0 amide bonds. The Labute approximate surface area is 198 Å². The quantitative estimate of drug-likeness (QED) is 0.639. The van der Waals surface area contributed by atoms with Gasteiger partial charge in [-0.2, -0.15) is 5.10 Å². The van der Waals surface area contributed by atoms with Crippen molar-refractivity contribution in [2.75, 3.05) is 38.1 Å². The number of fused-ring (bicyclic) bond motifs is 2. The summed E-state index contributed by atoms with van der Waals surface area (Å²) < 4.78 is 24.9. The fraction of sp³-hybridized carbons (Fsp3) is 0.577. The molecular weight excluding hydrogens is 412 g/mol. The summed E-state index contributed by atoms with van der Waals surface area (Å²) in [5, 5.41) is 18.2. The lowest BCUT2D eigenvalue weighted by atomic mass is 10.00. The number of hydrogen-bond acceptors (Lipinski definition) is 6. The van der Waals surface area contributed by atoms with Gasteiger partial charge in [0.1, 0.15) is 5.82 Å². The Hall–Kier alpha value is -2.51. The number of hydrogen-bond donors (Lipinski definition) is 1. The van der Waals surface area contributed by atoms with E-state index in [1.807, 2.05) is 24.0 Å². The lowest BCUT2D eigenvalue weighted by Crippen LogP contribution is -2.32. The zero-order valence-electron chi connectivity index (χ0n) is 21.5. The smallest absolute Gasteiger partial charge is 0.149 e. The number of rotatable bonds is 5. The highest BCUT2D eigenvalue weighted by Gasteiger charge is 2.41. The Bertz CT molecular complexity index is 1210. The molecule has 3 fully saturated rings. The Morgan fingerprint density at radius 1 is 1.12 bits per heavy atom. The minimum atomic E-state index is -1.23. The third-order valence-electron chi connectivity index (χ3n) is 7.57. The summed E-state index contributed by atoms with van der Waals surface area (Å²) in [6.45, 7) is 3.94. The summed E-state index contributed by atoms with van der Waals surface area (Å²) in [4.78, 5) is 2.12. The highest BCUT2D eigenvalue weighted by Crippen LogP contribution is 2.40. The molecule has 2 aromatic heterocycles. The third kappa shape index (κ3) is 4.36. The van der Waals surface area contributed by atoms with Gasteiger partial charge in [-0.25, -0.2) is 0 Å². The third-order valence-corrected chi connectivity index (χ3v) is 7.57. The highest BCUT2D eigenvalue weighted by molar-refractivity contribution is 5.84. The van der Waals surface area contributed by atoms with Crippen LogP contribution in [0.15, 0.2) is 30.5 Å². The van der Waals surface area contributed by atoms with Crippen molar-refractivity contribution in [3.05, 3.63) is 36.0 Å². The molecule has 2 saturated heterocycles. The van der Waals surface area contributed by atoms with E-state index in [1.54, 1.807) is 0 Å². The maximum Gasteiger partial charge on any atom is 0.149 e. The molecule has 3 aromatic rings. The monoisotopic (exact) mass is 448 g/mol. The van der Waals surface area contributed by atoms with Crippen LogP contribution in [0.4, 0.5) is 5.82 Å². The van der Waals surface area contributed by atoms with Gasteiger partial charge in [0.2, 0.25) is 0 Å². The number of aromatic nitrogens is 4. The molecule has 1 unspecified atom stereocenters. The van der Waals surface area contributed by atoms with Crippen LogP contribution in [0.5, 0.6) is 0 Å². The van der Waals surface area contributed by atoms with Crippen LogP contribution in [0.1, 0.15) is 34.0 Å². The zero-order chi connectivity index (χ0) is 24.2. The second-order valence-corrected chi connectivity index (χ2v) is 10.1. The molecule has 1 aromatic carbocycles. The predicted molar refractivity (Wildman–Crippen MR) is 130 cm³/mol. The molecular formula is C26H34N6O. The van der Waals surface area contributed by atoms with Crippen LogP contribution in [0, 0.1) is 24.7 Å². The highest BCUT2D eigenvalue weighted by atomic mass is 16.5. The van der Waals surface area contributed by atoms with Crippen LogP contribution in [0.25, 0.3) is 22.2 Å². The zero-order valence-corrected chi connectivity index (χ0v) is 19.5. The lowest BCUT2D eigenvalue weighted by molar-refractivity contribution is 0.0545. The van der Waals surface area contributed by atoms with Crippen LogP contribution in [-0.2, 0) is 11.8 Å². The van der Waals surface area contributed by atoms with Crippen molar-refractivity contribution in [3.63, 3.8) is 0 Å². The molecule has 1 aliphatic carbocycles. The first-order valence-electron chi connectivity index (χ1n) is 13.2. The Kier molecular flexibility index (Phi) is 4.97. The van der Waals surface area contributed by atoms with Gasteiger partial charge in [-0.15, -0.1) is 10.2 Å². The molecule has 4 heterocycles. The van der Waals surface area contributed by atoms with Crippen molar-refractivity contribution in [1.29, 1.82) is 0 Å². The number of nitrogens with zero attached hydrogens (tertiary/aromatic N) is 5. The molecule has 7 nitrogen and oxygen atoms in total. The normalized spacial score (nSPS) is 27.5. The molecule has 7 heteroatoms. The molecule has 2 aliphatic heterocycles.